The zero-order valence-electron chi connectivity index (χ0n) is 60.6. The van der Waals surface area contributed by atoms with Crippen LogP contribution in [-0.4, -0.2) is 13.7 Å². The van der Waals surface area contributed by atoms with Gasteiger partial charge in [0.1, 0.15) is 0 Å². The van der Waals surface area contributed by atoms with E-state index in [1.54, 1.807) is 0 Å². The van der Waals surface area contributed by atoms with Crippen molar-refractivity contribution in [1.29, 1.82) is 0 Å². The lowest BCUT2D eigenvalue weighted by atomic mass is 9.95. The Labute approximate surface area is 374 Å². The summed E-state index contributed by atoms with van der Waals surface area (Å²) in [5.41, 5.74) is -9.18. The summed E-state index contributed by atoms with van der Waals surface area (Å²) < 4.78 is 297. The van der Waals surface area contributed by atoms with Crippen molar-refractivity contribution in [1.82, 2.24) is 13.7 Å². The van der Waals surface area contributed by atoms with Crippen molar-refractivity contribution in [2.45, 2.75) is 0 Å². The second-order valence-electron chi connectivity index (χ2n) is 12.5. The molecule has 0 aliphatic heterocycles. The van der Waals surface area contributed by atoms with Crippen molar-refractivity contribution in [3.63, 3.8) is 0 Å². The van der Waals surface area contributed by atoms with Gasteiger partial charge in [-0.25, -0.2) is 0 Å². The van der Waals surface area contributed by atoms with Crippen molar-refractivity contribution in [2.24, 2.45) is 0 Å². The van der Waals surface area contributed by atoms with Crippen LogP contribution in [-0.2, 0) is 0 Å². The molecule has 0 spiro atoms. The van der Waals surface area contributed by atoms with Crippen LogP contribution in [0.2, 0.25) is 0 Å². The van der Waals surface area contributed by atoms with E-state index in [4.69, 9.17) is 21.9 Å². The predicted molar refractivity (Wildman–Crippen MR) is 240 cm³/mol. The number of para-hydroxylation sites is 6. The number of hydrogen-bond donors (Lipinski definition) is 0. The molecule has 3 nitrogen and oxygen atoms in total. The van der Waals surface area contributed by atoms with Crippen LogP contribution < -0.4 is 0 Å². The summed E-state index contributed by atoms with van der Waals surface area (Å²) in [4.78, 5) is 0. The third-order valence-electron chi connectivity index (χ3n) is 9.62. The second-order valence-corrected chi connectivity index (χ2v) is 12.5. The third kappa shape index (κ3) is 4.66. The maximum Gasteiger partial charge on any atom is 0.0782 e. The van der Waals surface area contributed by atoms with Gasteiger partial charge in [-0.05, 0) is 53.4 Å². The summed E-state index contributed by atoms with van der Waals surface area (Å²) in [7, 11) is 0. The highest BCUT2D eigenvalue weighted by atomic mass is 15.1. The molecular weight excluding hydrogens is 691 g/mol. The van der Waals surface area contributed by atoms with Crippen LogP contribution in [0, 0.1) is 0 Å². The van der Waals surface area contributed by atoms with Gasteiger partial charge < -0.3 is 13.7 Å². The first-order valence-corrected chi connectivity index (χ1v) is 17.0. The second kappa shape index (κ2) is 12.5. The highest BCUT2D eigenvalue weighted by Gasteiger charge is 2.23. The molecule has 12 aromatic rings. The molecule has 3 heterocycles. The smallest absolute Gasteiger partial charge is 0.0782 e. The molecule has 0 unspecified atom stereocenters. The van der Waals surface area contributed by atoms with E-state index >= 15 is 0 Å². The summed E-state index contributed by atoms with van der Waals surface area (Å²) in [5.74, 6) is 0. The largest absolute Gasteiger partial charge is 0.308 e. The Morgan fingerprint density at radius 1 is 0.333 bits per heavy atom. The summed E-state index contributed by atoms with van der Waals surface area (Å²) in [6, 6.07) is -27.0. The van der Waals surface area contributed by atoms with Gasteiger partial charge in [-0.15, -0.1) is 0 Å². The highest BCUT2D eigenvalue weighted by Crippen LogP contribution is 2.44. The Morgan fingerprint density at radius 2 is 0.772 bits per heavy atom. The standard InChI is InChI=1S/C54H35N3/c1-3-17-36(18-4-1)39-25-15-26-40(37-19-5-2-6-20-37)53(39)57-50-31-14-9-23-43(50)45-34-33-38(35-52(45)57)55-47-28-11-10-24-44(47)46-27-16-32-51(54(46)55)56-48-29-12-7-21-41(48)42-22-8-13-30-49(42)56/h1-35H/i1D,2D,3D,4D,5D,6D,7D,8D,9D,10D,11D,12D,13D,14D,16D,17D,18D,19D,20D,21D,22D,23D,24D,27D,28D,29D,30D,31D,32D,33D,34D,35D. The van der Waals surface area contributed by atoms with Crippen molar-refractivity contribution < 1.29 is 43.9 Å². The van der Waals surface area contributed by atoms with Crippen LogP contribution in [0.15, 0.2) is 212 Å². The van der Waals surface area contributed by atoms with Crippen LogP contribution in [0.1, 0.15) is 43.9 Å². The number of nitrogens with zero attached hydrogens (tertiary/aromatic N) is 3. The number of fused-ring (bicyclic) bond motifs is 9. The van der Waals surface area contributed by atoms with Crippen LogP contribution >= 0.6 is 0 Å². The molecule has 0 aliphatic rings. The topological polar surface area (TPSA) is 14.8 Å². The Hall–Kier alpha value is -7.62. The molecule has 0 aliphatic carbocycles. The molecule has 266 valence electrons. The van der Waals surface area contributed by atoms with E-state index in [1.807, 2.05) is 0 Å². The van der Waals surface area contributed by atoms with Crippen molar-refractivity contribution in [2.75, 3.05) is 0 Å². The van der Waals surface area contributed by atoms with Gasteiger partial charge in [-0.3, -0.25) is 0 Å². The van der Waals surface area contributed by atoms with Gasteiger partial charge in [0.05, 0.1) is 88.3 Å². The first-order chi connectivity index (χ1) is 41.6. The lowest BCUT2D eigenvalue weighted by Crippen LogP contribution is -2.02. The van der Waals surface area contributed by atoms with Gasteiger partial charge >= 0.3 is 0 Å². The lowest BCUT2D eigenvalue weighted by molar-refractivity contribution is 1.13. The van der Waals surface area contributed by atoms with Gasteiger partial charge in [0.15, 0.2) is 0 Å². The minimum atomic E-state index is -1.13. The fourth-order valence-electron chi connectivity index (χ4n) is 7.38. The predicted octanol–water partition coefficient (Wildman–Crippen LogP) is 14.3. The van der Waals surface area contributed by atoms with E-state index in [0.717, 1.165) is 21.3 Å². The normalized spacial score (nSPS) is 19.7. The average Bonchev–Trinajstić information content (AvgIpc) is 1.53. The van der Waals surface area contributed by atoms with E-state index in [1.165, 1.54) is 6.07 Å². The molecule has 9 aromatic carbocycles. The van der Waals surface area contributed by atoms with E-state index < -0.39 is 298 Å². The van der Waals surface area contributed by atoms with Gasteiger partial charge in [0, 0.05) is 49.1 Å². The minimum Gasteiger partial charge on any atom is -0.308 e. The Bertz CT molecular complexity index is 5180. The van der Waals surface area contributed by atoms with Crippen LogP contribution in [0.5, 0.6) is 0 Å². The van der Waals surface area contributed by atoms with E-state index in [2.05, 4.69) is 0 Å². The first kappa shape index (κ1) is 13.5. The van der Waals surface area contributed by atoms with E-state index in [0.29, 0.717) is 4.57 Å². The van der Waals surface area contributed by atoms with Crippen molar-refractivity contribution >= 4 is 65.4 Å². The number of rotatable bonds is 5. The molecule has 3 aromatic heterocycles. The summed E-state index contributed by atoms with van der Waals surface area (Å²) >= 11 is 0. The quantitative estimate of drug-likeness (QED) is 0.166. The highest BCUT2D eigenvalue weighted by molar-refractivity contribution is 6.16. The lowest BCUT2D eigenvalue weighted by Gasteiger charge is -2.19. The molecule has 0 bridgehead atoms. The molecule has 0 saturated heterocycles. The summed E-state index contributed by atoms with van der Waals surface area (Å²) in [5, 5.41) is -3.80. The molecular formula is C54H35N3. The molecule has 0 amide bonds. The number of aromatic nitrogens is 3. The van der Waals surface area contributed by atoms with Gasteiger partial charge in [-0.1, -0.05) is 169 Å². The number of hydrogen-bond acceptors (Lipinski definition) is 0. The van der Waals surface area contributed by atoms with Gasteiger partial charge in [0.2, 0.25) is 0 Å². The SMILES string of the molecule is [2H]c1c([2H])c([2H])c(-c2cccc(-c3c([2H])c([2H])c([2H])c([2H])c3[2H])c2-n2c3c([2H])c([2H])c([2H])c([2H])c3c3c([2H])c([2H])c(-n4c5c([2H])c([2H])c([2H])c([2H])c5c5c([2H])c([2H])c([2H])c(-n6c7c([2H])c([2H])c([2H])c([2H])c7c7c([2H])c([2H])c([2H])c([2H])c76)c54)c([2H])c32)c([2H])c1[2H]. The zero-order valence-corrected chi connectivity index (χ0v) is 28.6. The van der Waals surface area contributed by atoms with Gasteiger partial charge in [0.25, 0.3) is 0 Å². The van der Waals surface area contributed by atoms with Crippen molar-refractivity contribution in [3.05, 3.63) is 212 Å². The molecule has 0 radical (unpaired) electrons. The van der Waals surface area contributed by atoms with Crippen molar-refractivity contribution in [3.8, 4) is 39.3 Å². The molecule has 57 heavy (non-hydrogen) atoms. The fraction of sp³-hybridized carbons (Fsp3) is 0. The van der Waals surface area contributed by atoms with E-state index in [-0.39, 0.29) is 0 Å². The van der Waals surface area contributed by atoms with Gasteiger partial charge in [-0.2, -0.15) is 0 Å². The maximum absolute atomic E-state index is 10.7. The number of benzene rings is 9. The first-order valence-electron chi connectivity index (χ1n) is 33.0. The Kier molecular flexibility index (Phi) is 2.96. The molecule has 12 rings (SSSR count). The molecule has 0 N–H and O–H groups in total. The summed E-state index contributed by atoms with van der Waals surface area (Å²) in [6.07, 6.45) is 0. The Morgan fingerprint density at radius 3 is 1.33 bits per heavy atom. The minimum absolute atomic E-state index is 0.491. The third-order valence-corrected chi connectivity index (χ3v) is 9.62. The molecule has 0 saturated carbocycles. The molecule has 0 atom stereocenters. The van der Waals surface area contributed by atoms with Crippen LogP contribution in [0.4, 0.5) is 0 Å². The van der Waals surface area contributed by atoms with E-state index in [9.17, 15) is 21.9 Å². The molecule has 0 fully saturated rings. The monoisotopic (exact) mass is 757 g/mol. The van der Waals surface area contributed by atoms with Crippen LogP contribution in [0.25, 0.3) is 105 Å². The summed E-state index contributed by atoms with van der Waals surface area (Å²) in [6.45, 7) is 0. The average molecular weight is 758 g/mol. The van der Waals surface area contributed by atoms with Crippen LogP contribution in [0.3, 0.4) is 0 Å². The molecule has 3 heteroatoms. The fourth-order valence-corrected chi connectivity index (χ4v) is 7.38. The zero-order chi connectivity index (χ0) is 65.3. The maximum atomic E-state index is 10.7. The Balaban J connectivity index is 1.44.